The molecule has 0 aliphatic heterocycles. The number of nitrogens with zero attached hydrogens (tertiary/aromatic N) is 2. The first-order valence-electron chi connectivity index (χ1n) is 5.43. The summed E-state index contributed by atoms with van der Waals surface area (Å²) in [4.78, 5) is 1.35. The van der Waals surface area contributed by atoms with Crippen LogP contribution in [0, 0.1) is 0 Å². The summed E-state index contributed by atoms with van der Waals surface area (Å²) in [7, 11) is 0. The lowest BCUT2D eigenvalue weighted by molar-refractivity contribution is 0.668. The molecule has 2 aromatic rings. The Morgan fingerprint density at radius 2 is 2.19 bits per heavy atom. The molecule has 0 amide bonds. The Morgan fingerprint density at radius 3 is 2.94 bits per heavy atom. The summed E-state index contributed by atoms with van der Waals surface area (Å²) >= 11 is 3.48. The average Bonchev–Trinajstić information content (AvgIpc) is 2.91. The van der Waals surface area contributed by atoms with E-state index in [1.54, 1.807) is 22.7 Å². The van der Waals surface area contributed by atoms with Gasteiger partial charge in [0.1, 0.15) is 10.0 Å². The molecule has 0 aromatic carbocycles. The van der Waals surface area contributed by atoms with Crippen LogP contribution in [0.25, 0.3) is 0 Å². The minimum Gasteiger partial charge on any atom is -0.310 e. The van der Waals surface area contributed by atoms with Crippen molar-refractivity contribution in [3.63, 3.8) is 0 Å². The molecule has 0 fully saturated rings. The summed E-state index contributed by atoms with van der Waals surface area (Å²) < 4.78 is 0. The Bertz CT molecular complexity index is 409. The molecule has 1 N–H and O–H groups in total. The number of thiophene rings is 1. The fourth-order valence-corrected chi connectivity index (χ4v) is 3.00. The first-order valence-corrected chi connectivity index (χ1v) is 7.12. The zero-order valence-corrected chi connectivity index (χ0v) is 10.9. The summed E-state index contributed by atoms with van der Waals surface area (Å²) in [6, 6.07) is 4.21. The standard InChI is InChI=1S/C11H15N3S2/c1-2-5-12-8-11-14-13-10(16-11)7-9-4-3-6-15-9/h3-4,6,12H,2,5,7-8H2,1H3. The van der Waals surface area contributed by atoms with E-state index in [0.717, 1.165) is 35.9 Å². The molecule has 0 spiro atoms. The van der Waals surface area contributed by atoms with E-state index in [2.05, 4.69) is 40.0 Å². The number of rotatable bonds is 6. The average molecular weight is 253 g/mol. The van der Waals surface area contributed by atoms with Gasteiger partial charge in [0.05, 0.1) is 0 Å². The van der Waals surface area contributed by atoms with Crippen molar-refractivity contribution < 1.29 is 0 Å². The van der Waals surface area contributed by atoms with Gasteiger partial charge in [-0.05, 0) is 24.4 Å². The Balaban J connectivity index is 1.87. The number of hydrogen-bond acceptors (Lipinski definition) is 5. The van der Waals surface area contributed by atoms with Gasteiger partial charge in [0, 0.05) is 17.8 Å². The van der Waals surface area contributed by atoms with Gasteiger partial charge >= 0.3 is 0 Å². The lowest BCUT2D eigenvalue weighted by atomic mass is 10.4. The smallest absolute Gasteiger partial charge is 0.131 e. The van der Waals surface area contributed by atoms with Gasteiger partial charge in [-0.15, -0.1) is 21.5 Å². The molecule has 0 aliphatic rings. The van der Waals surface area contributed by atoms with Gasteiger partial charge in [-0.1, -0.05) is 24.3 Å². The predicted octanol–water partition coefficient (Wildman–Crippen LogP) is 2.69. The Kier molecular flexibility index (Phi) is 4.44. The van der Waals surface area contributed by atoms with Crippen molar-refractivity contribution in [3.8, 4) is 0 Å². The minimum atomic E-state index is 0.843. The maximum atomic E-state index is 4.20. The topological polar surface area (TPSA) is 37.8 Å². The van der Waals surface area contributed by atoms with Gasteiger partial charge in [0.2, 0.25) is 0 Å². The van der Waals surface area contributed by atoms with Crippen LogP contribution in [0.5, 0.6) is 0 Å². The fraction of sp³-hybridized carbons (Fsp3) is 0.455. The van der Waals surface area contributed by atoms with Gasteiger partial charge in [0.25, 0.3) is 0 Å². The fourth-order valence-electron chi connectivity index (χ4n) is 1.37. The second-order valence-corrected chi connectivity index (χ2v) is 5.70. The van der Waals surface area contributed by atoms with Crippen LogP contribution in [-0.4, -0.2) is 16.7 Å². The molecule has 0 unspecified atom stereocenters. The van der Waals surface area contributed by atoms with E-state index >= 15 is 0 Å². The van der Waals surface area contributed by atoms with E-state index < -0.39 is 0 Å². The summed E-state index contributed by atoms with van der Waals surface area (Å²) in [5.74, 6) is 0. The van der Waals surface area contributed by atoms with Gasteiger partial charge in [-0.3, -0.25) is 0 Å². The molecule has 16 heavy (non-hydrogen) atoms. The molecular weight excluding hydrogens is 238 g/mol. The summed E-state index contributed by atoms with van der Waals surface area (Å²) in [5, 5.41) is 16.0. The molecule has 2 rings (SSSR count). The first-order chi connectivity index (χ1) is 7.88. The molecule has 0 bridgehead atoms. The summed E-state index contributed by atoms with van der Waals surface area (Å²) in [5.41, 5.74) is 0. The summed E-state index contributed by atoms with van der Waals surface area (Å²) in [6.45, 7) is 4.05. The second-order valence-electron chi connectivity index (χ2n) is 3.52. The van der Waals surface area contributed by atoms with E-state index in [4.69, 9.17) is 0 Å². The Labute approximate surface area is 104 Å². The molecule has 0 aliphatic carbocycles. The zero-order chi connectivity index (χ0) is 11.2. The molecular formula is C11H15N3S2. The SMILES string of the molecule is CCCNCc1nnc(Cc2cccs2)s1. The number of nitrogens with one attached hydrogen (secondary N) is 1. The molecule has 86 valence electrons. The van der Waals surface area contributed by atoms with E-state index in [1.165, 1.54) is 4.88 Å². The van der Waals surface area contributed by atoms with Gasteiger partial charge in [-0.25, -0.2) is 0 Å². The molecule has 5 heteroatoms. The van der Waals surface area contributed by atoms with Crippen LogP contribution >= 0.6 is 22.7 Å². The van der Waals surface area contributed by atoms with Gasteiger partial charge in [0.15, 0.2) is 0 Å². The van der Waals surface area contributed by atoms with Crippen LogP contribution in [0.4, 0.5) is 0 Å². The van der Waals surface area contributed by atoms with Crippen LogP contribution in [-0.2, 0) is 13.0 Å². The van der Waals surface area contributed by atoms with E-state index in [-0.39, 0.29) is 0 Å². The Morgan fingerprint density at radius 1 is 1.31 bits per heavy atom. The van der Waals surface area contributed by atoms with Crippen molar-refractivity contribution in [3.05, 3.63) is 32.4 Å². The number of hydrogen-bond donors (Lipinski definition) is 1. The van der Waals surface area contributed by atoms with Crippen molar-refractivity contribution in [2.75, 3.05) is 6.54 Å². The lowest BCUT2D eigenvalue weighted by Gasteiger charge is -1.96. The third-order valence-electron chi connectivity index (χ3n) is 2.12. The summed E-state index contributed by atoms with van der Waals surface area (Å²) in [6.07, 6.45) is 2.07. The predicted molar refractivity (Wildman–Crippen MR) is 69.0 cm³/mol. The van der Waals surface area contributed by atoms with Crippen LogP contribution in [0.2, 0.25) is 0 Å². The highest BCUT2D eigenvalue weighted by molar-refractivity contribution is 7.12. The van der Waals surface area contributed by atoms with Crippen LogP contribution in [0.15, 0.2) is 17.5 Å². The van der Waals surface area contributed by atoms with Crippen molar-refractivity contribution in [2.24, 2.45) is 0 Å². The second kappa shape index (κ2) is 6.08. The van der Waals surface area contributed by atoms with E-state index in [1.807, 2.05) is 0 Å². The Hall–Kier alpha value is -0.780. The van der Waals surface area contributed by atoms with Crippen molar-refractivity contribution in [1.29, 1.82) is 0 Å². The third-order valence-corrected chi connectivity index (χ3v) is 3.92. The molecule has 0 saturated heterocycles. The quantitative estimate of drug-likeness (QED) is 0.804. The maximum Gasteiger partial charge on any atom is 0.131 e. The highest BCUT2D eigenvalue weighted by atomic mass is 32.1. The largest absolute Gasteiger partial charge is 0.310 e. The molecule has 2 heterocycles. The van der Waals surface area contributed by atoms with Gasteiger partial charge in [-0.2, -0.15) is 0 Å². The van der Waals surface area contributed by atoms with Crippen LogP contribution in [0.3, 0.4) is 0 Å². The number of aromatic nitrogens is 2. The lowest BCUT2D eigenvalue weighted by Crippen LogP contribution is -2.13. The monoisotopic (exact) mass is 253 g/mol. The van der Waals surface area contributed by atoms with Crippen molar-refractivity contribution in [2.45, 2.75) is 26.3 Å². The first kappa shape index (κ1) is 11.7. The van der Waals surface area contributed by atoms with Crippen LogP contribution < -0.4 is 5.32 Å². The van der Waals surface area contributed by atoms with Crippen molar-refractivity contribution in [1.82, 2.24) is 15.5 Å². The molecule has 3 nitrogen and oxygen atoms in total. The third kappa shape index (κ3) is 3.37. The molecule has 0 atom stereocenters. The molecule has 0 saturated carbocycles. The molecule has 0 radical (unpaired) electrons. The van der Waals surface area contributed by atoms with Crippen LogP contribution in [0.1, 0.15) is 28.2 Å². The van der Waals surface area contributed by atoms with Gasteiger partial charge < -0.3 is 5.32 Å². The maximum absolute atomic E-state index is 4.20. The minimum absolute atomic E-state index is 0.843. The normalized spacial score (nSPS) is 10.8. The highest BCUT2D eigenvalue weighted by Gasteiger charge is 2.05. The van der Waals surface area contributed by atoms with E-state index in [0.29, 0.717) is 0 Å². The highest BCUT2D eigenvalue weighted by Crippen LogP contribution is 2.17. The van der Waals surface area contributed by atoms with Crippen molar-refractivity contribution >= 4 is 22.7 Å². The van der Waals surface area contributed by atoms with E-state index in [9.17, 15) is 0 Å². The zero-order valence-electron chi connectivity index (χ0n) is 9.27. The molecule has 2 aromatic heterocycles.